The van der Waals surface area contributed by atoms with Crippen molar-refractivity contribution in [3.05, 3.63) is 65.2 Å². The number of hydrogen-bond donors (Lipinski definition) is 1. The summed E-state index contributed by atoms with van der Waals surface area (Å²) in [6.07, 6.45) is 1.50. The van der Waals surface area contributed by atoms with Crippen molar-refractivity contribution in [1.29, 1.82) is 0 Å². The summed E-state index contributed by atoms with van der Waals surface area (Å²) in [4.78, 5) is 12.4. The van der Waals surface area contributed by atoms with Gasteiger partial charge in [-0.3, -0.25) is 4.79 Å². The van der Waals surface area contributed by atoms with E-state index in [1.807, 2.05) is 36.4 Å². The Balaban J connectivity index is 1.98. The van der Waals surface area contributed by atoms with Crippen molar-refractivity contribution < 1.29 is 4.79 Å². The summed E-state index contributed by atoms with van der Waals surface area (Å²) in [7, 11) is 0. The smallest absolute Gasteiger partial charge is 0.167 e. The van der Waals surface area contributed by atoms with Gasteiger partial charge < -0.3 is 5.32 Å². The number of nitrogens with one attached hydrogen (secondary N) is 1. The molecule has 0 aliphatic heterocycles. The van der Waals surface area contributed by atoms with E-state index in [1.54, 1.807) is 0 Å². The predicted octanol–water partition coefficient (Wildman–Crippen LogP) is 5.13. The SMILES string of the molecule is CC(C)Cc1ccc(C(=O)Cc2ccc(NC(C)C)cc2)cc1. The van der Waals surface area contributed by atoms with Gasteiger partial charge in [-0.05, 0) is 49.4 Å². The lowest BCUT2D eigenvalue weighted by Gasteiger charge is -2.10. The molecule has 122 valence electrons. The van der Waals surface area contributed by atoms with Crippen LogP contribution in [0.1, 0.15) is 49.2 Å². The Morgan fingerprint density at radius 3 is 1.96 bits per heavy atom. The summed E-state index contributed by atoms with van der Waals surface area (Å²) in [5, 5.41) is 3.35. The molecule has 0 saturated carbocycles. The lowest BCUT2D eigenvalue weighted by atomic mass is 9.98. The van der Waals surface area contributed by atoms with Crippen molar-refractivity contribution in [3.8, 4) is 0 Å². The molecule has 0 radical (unpaired) electrons. The van der Waals surface area contributed by atoms with E-state index in [-0.39, 0.29) is 5.78 Å². The first kappa shape index (κ1) is 17.3. The average molecular weight is 309 g/mol. The van der Waals surface area contributed by atoms with Gasteiger partial charge in [0.2, 0.25) is 0 Å². The van der Waals surface area contributed by atoms with Crippen LogP contribution in [0.4, 0.5) is 5.69 Å². The predicted molar refractivity (Wildman–Crippen MR) is 98.2 cm³/mol. The molecule has 2 nitrogen and oxygen atoms in total. The maximum atomic E-state index is 12.4. The second-order valence-corrected chi connectivity index (χ2v) is 6.89. The normalized spacial score (nSPS) is 11.0. The van der Waals surface area contributed by atoms with Crippen LogP contribution in [0.5, 0.6) is 0 Å². The number of rotatable bonds is 7. The van der Waals surface area contributed by atoms with Gasteiger partial charge in [0.05, 0.1) is 0 Å². The summed E-state index contributed by atoms with van der Waals surface area (Å²) in [5.74, 6) is 0.806. The number of ketones is 1. The molecule has 0 aliphatic carbocycles. The molecule has 0 unspecified atom stereocenters. The zero-order valence-corrected chi connectivity index (χ0v) is 14.6. The highest BCUT2D eigenvalue weighted by Gasteiger charge is 2.08. The minimum absolute atomic E-state index is 0.172. The van der Waals surface area contributed by atoms with Crippen molar-refractivity contribution in [3.63, 3.8) is 0 Å². The van der Waals surface area contributed by atoms with Gasteiger partial charge in [0, 0.05) is 23.7 Å². The summed E-state index contributed by atoms with van der Waals surface area (Å²) < 4.78 is 0. The Bertz CT molecular complexity index is 624. The van der Waals surface area contributed by atoms with Crippen LogP contribution in [0.3, 0.4) is 0 Å². The van der Waals surface area contributed by atoms with Crippen LogP contribution in [0.2, 0.25) is 0 Å². The molecule has 0 atom stereocenters. The second kappa shape index (κ2) is 7.96. The van der Waals surface area contributed by atoms with Crippen LogP contribution in [-0.2, 0) is 12.8 Å². The van der Waals surface area contributed by atoms with E-state index in [4.69, 9.17) is 0 Å². The third kappa shape index (κ3) is 5.55. The van der Waals surface area contributed by atoms with Crippen molar-refractivity contribution in [2.75, 3.05) is 5.32 Å². The Morgan fingerprint density at radius 2 is 1.43 bits per heavy atom. The fourth-order valence-corrected chi connectivity index (χ4v) is 2.64. The molecule has 2 aromatic carbocycles. The Kier molecular flexibility index (Phi) is 5.97. The van der Waals surface area contributed by atoms with Crippen LogP contribution >= 0.6 is 0 Å². The van der Waals surface area contributed by atoms with E-state index < -0.39 is 0 Å². The van der Waals surface area contributed by atoms with E-state index in [1.165, 1.54) is 5.56 Å². The molecule has 23 heavy (non-hydrogen) atoms. The summed E-state index contributed by atoms with van der Waals surface area (Å²) in [6, 6.07) is 16.6. The molecule has 2 heteroatoms. The number of Topliss-reactive ketones (excluding diaryl/α,β-unsaturated/α-hetero) is 1. The quantitative estimate of drug-likeness (QED) is 0.718. The summed E-state index contributed by atoms with van der Waals surface area (Å²) in [5.41, 5.74) is 4.23. The Morgan fingerprint density at radius 1 is 0.870 bits per heavy atom. The number of anilines is 1. The topological polar surface area (TPSA) is 29.1 Å². The second-order valence-electron chi connectivity index (χ2n) is 6.89. The van der Waals surface area contributed by atoms with Crippen molar-refractivity contribution in [2.24, 2.45) is 5.92 Å². The molecule has 0 saturated heterocycles. The number of benzene rings is 2. The maximum Gasteiger partial charge on any atom is 0.167 e. The molecule has 0 amide bonds. The lowest BCUT2D eigenvalue weighted by Crippen LogP contribution is -2.09. The molecule has 1 N–H and O–H groups in total. The molecule has 0 aliphatic rings. The minimum Gasteiger partial charge on any atom is -0.383 e. The van der Waals surface area contributed by atoms with Gasteiger partial charge in [-0.1, -0.05) is 50.2 Å². The molecular formula is C21H27NO. The average Bonchev–Trinajstić information content (AvgIpc) is 2.49. The van der Waals surface area contributed by atoms with Gasteiger partial charge in [0.25, 0.3) is 0 Å². The van der Waals surface area contributed by atoms with Crippen LogP contribution in [0, 0.1) is 5.92 Å². The highest BCUT2D eigenvalue weighted by Crippen LogP contribution is 2.15. The minimum atomic E-state index is 0.172. The van der Waals surface area contributed by atoms with Gasteiger partial charge in [0.15, 0.2) is 5.78 Å². The van der Waals surface area contributed by atoms with Gasteiger partial charge in [-0.2, -0.15) is 0 Å². The lowest BCUT2D eigenvalue weighted by molar-refractivity contribution is 0.0993. The molecule has 0 bridgehead atoms. The van der Waals surface area contributed by atoms with E-state index in [2.05, 4.69) is 45.1 Å². The maximum absolute atomic E-state index is 12.4. The molecule has 0 fully saturated rings. The number of hydrogen-bond acceptors (Lipinski definition) is 2. The highest BCUT2D eigenvalue weighted by molar-refractivity contribution is 5.97. The molecular weight excluding hydrogens is 282 g/mol. The first-order valence-corrected chi connectivity index (χ1v) is 8.41. The molecule has 2 aromatic rings. The molecule has 0 spiro atoms. The van der Waals surface area contributed by atoms with Crippen molar-refractivity contribution in [2.45, 2.75) is 46.6 Å². The molecule has 0 aromatic heterocycles. The number of carbonyl (C=O) groups is 1. The van der Waals surface area contributed by atoms with Gasteiger partial charge in [-0.15, -0.1) is 0 Å². The largest absolute Gasteiger partial charge is 0.383 e. The summed E-state index contributed by atoms with van der Waals surface area (Å²) in [6.45, 7) is 8.63. The summed E-state index contributed by atoms with van der Waals surface area (Å²) >= 11 is 0. The van der Waals surface area contributed by atoms with Crippen LogP contribution in [0.15, 0.2) is 48.5 Å². The van der Waals surface area contributed by atoms with E-state index in [0.29, 0.717) is 18.4 Å². The van der Waals surface area contributed by atoms with Crippen molar-refractivity contribution >= 4 is 11.5 Å². The third-order valence-electron chi connectivity index (χ3n) is 3.69. The molecule has 0 heterocycles. The monoisotopic (exact) mass is 309 g/mol. The third-order valence-corrected chi connectivity index (χ3v) is 3.69. The van der Waals surface area contributed by atoms with Gasteiger partial charge in [-0.25, -0.2) is 0 Å². The first-order chi connectivity index (χ1) is 10.9. The zero-order valence-electron chi connectivity index (χ0n) is 14.6. The van der Waals surface area contributed by atoms with Crippen molar-refractivity contribution in [1.82, 2.24) is 0 Å². The van der Waals surface area contributed by atoms with Gasteiger partial charge in [0.1, 0.15) is 0 Å². The van der Waals surface area contributed by atoms with E-state index >= 15 is 0 Å². The Labute approximate surface area is 139 Å². The zero-order chi connectivity index (χ0) is 16.8. The highest BCUT2D eigenvalue weighted by atomic mass is 16.1. The standard InChI is InChI=1S/C21H27NO/c1-15(2)13-17-5-9-19(10-6-17)21(23)14-18-7-11-20(12-8-18)22-16(3)4/h5-12,15-16,22H,13-14H2,1-4H3. The Hall–Kier alpha value is -2.09. The van der Waals surface area contributed by atoms with Crippen LogP contribution in [-0.4, -0.2) is 11.8 Å². The fourth-order valence-electron chi connectivity index (χ4n) is 2.64. The van der Waals surface area contributed by atoms with E-state index in [9.17, 15) is 4.79 Å². The first-order valence-electron chi connectivity index (χ1n) is 8.41. The fraction of sp³-hybridized carbons (Fsp3) is 0.381. The van der Waals surface area contributed by atoms with Crippen LogP contribution in [0.25, 0.3) is 0 Å². The van der Waals surface area contributed by atoms with Gasteiger partial charge >= 0.3 is 0 Å². The number of carbonyl (C=O) groups excluding carboxylic acids is 1. The molecule has 2 rings (SSSR count). The van der Waals surface area contributed by atoms with E-state index in [0.717, 1.165) is 23.2 Å². The van der Waals surface area contributed by atoms with Crippen LogP contribution < -0.4 is 5.32 Å².